The molecule has 0 saturated carbocycles. The summed E-state index contributed by atoms with van der Waals surface area (Å²) < 4.78 is 18.9. The number of rotatable bonds is 5. The molecular formula is C15H16ClFN2O. The summed E-state index contributed by atoms with van der Waals surface area (Å²) in [6.07, 6.45) is 0.412. The van der Waals surface area contributed by atoms with E-state index >= 15 is 0 Å². The lowest BCUT2D eigenvalue weighted by molar-refractivity contribution is 0.414. The van der Waals surface area contributed by atoms with Crippen LogP contribution in [0.15, 0.2) is 42.5 Å². The Morgan fingerprint density at radius 3 is 2.55 bits per heavy atom. The van der Waals surface area contributed by atoms with Crippen LogP contribution < -0.4 is 16.0 Å². The van der Waals surface area contributed by atoms with Crippen molar-refractivity contribution in [2.75, 3.05) is 7.11 Å². The van der Waals surface area contributed by atoms with Crippen molar-refractivity contribution in [2.45, 2.75) is 12.5 Å². The number of hydrazine groups is 1. The molecule has 20 heavy (non-hydrogen) atoms. The van der Waals surface area contributed by atoms with Crippen LogP contribution >= 0.6 is 11.6 Å². The second-order valence-corrected chi connectivity index (χ2v) is 4.87. The molecule has 1 atom stereocenters. The minimum Gasteiger partial charge on any atom is -0.497 e. The third kappa shape index (κ3) is 3.48. The smallest absolute Gasteiger partial charge is 0.126 e. The van der Waals surface area contributed by atoms with Crippen LogP contribution in [0.4, 0.5) is 4.39 Å². The van der Waals surface area contributed by atoms with Crippen molar-refractivity contribution in [1.29, 1.82) is 0 Å². The number of ether oxygens (including phenoxy) is 1. The molecule has 106 valence electrons. The summed E-state index contributed by atoms with van der Waals surface area (Å²) in [6, 6.07) is 11.8. The van der Waals surface area contributed by atoms with Crippen molar-refractivity contribution in [3.05, 3.63) is 64.4 Å². The fourth-order valence-electron chi connectivity index (χ4n) is 2.03. The first-order chi connectivity index (χ1) is 9.63. The van der Waals surface area contributed by atoms with E-state index in [0.717, 1.165) is 11.3 Å². The first-order valence-electron chi connectivity index (χ1n) is 6.18. The third-order valence-corrected chi connectivity index (χ3v) is 3.39. The maximum absolute atomic E-state index is 13.8. The highest BCUT2D eigenvalue weighted by atomic mass is 35.5. The summed E-state index contributed by atoms with van der Waals surface area (Å²) in [5.74, 6) is 6.05. The fraction of sp³-hybridized carbons (Fsp3) is 0.200. The molecule has 0 spiro atoms. The summed E-state index contributed by atoms with van der Waals surface area (Å²) in [5, 5.41) is 0.506. The van der Waals surface area contributed by atoms with Gasteiger partial charge in [-0.3, -0.25) is 11.3 Å². The number of methoxy groups -OCH3 is 1. The molecule has 0 aliphatic carbocycles. The summed E-state index contributed by atoms with van der Waals surface area (Å²) in [7, 11) is 1.61. The van der Waals surface area contributed by atoms with E-state index in [-0.39, 0.29) is 11.9 Å². The summed E-state index contributed by atoms with van der Waals surface area (Å²) in [5.41, 5.74) is 4.18. The predicted octanol–water partition coefficient (Wildman–Crippen LogP) is 3.23. The van der Waals surface area contributed by atoms with Gasteiger partial charge in [-0.15, -0.1) is 0 Å². The Kier molecular flexibility index (Phi) is 4.95. The van der Waals surface area contributed by atoms with Crippen molar-refractivity contribution >= 4 is 11.6 Å². The highest BCUT2D eigenvalue weighted by Crippen LogP contribution is 2.23. The van der Waals surface area contributed by atoms with Gasteiger partial charge in [-0.2, -0.15) is 0 Å². The zero-order valence-electron chi connectivity index (χ0n) is 11.1. The average molecular weight is 295 g/mol. The van der Waals surface area contributed by atoms with Crippen LogP contribution in [-0.2, 0) is 6.42 Å². The highest BCUT2D eigenvalue weighted by Gasteiger charge is 2.13. The van der Waals surface area contributed by atoms with Crippen molar-refractivity contribution in [2.24, 2.45) is 5.84 Å². The first-order valence-corrected chi connectivity index (χ1v) is 6.56. The minimum atomic E-state index is -0.289. The number of benzene rings is 2. The van der Waals surface area contributed by atoms with E-state index in [4.69, 9.17) is 22.2 Å². The van der Waals surface area contributed by atoms with Gasteiger partial charge in [-0.05, 0) is 47.9 Å². The largest absolute Gasteiger partial charge is 0.497 e. The van der Waals surface area contributed by atoms with Crippen LogP contribution in [0.1, 0.15) is 17.2 Å². The lowest BCUT2D eigenvalue weighted by Crippen LogP contribution is -2.29. The second kappa shape index (κ2) is 6.70. The standard InChI is InChI=1S/C15H16ClFN2O/c1-20-13-5-2-10(3-6-13)15(19-18)9-11-8-12(16)4-7-14(11)17/h2-8,15,19H,9,18H2,1H3. The maximum Gasteiger partial charge on any atom is 0.126 e. The van der Waals surface area contributed by atoms with Crippen LogP contribution in [0.5, 0.6) is 5.75 Å². The molecule has 0 aliphatic heterocycles. The van der Waals surface area contributed by atoms with E-state index in [1.165, 1.54) is 12.1 Å². The van der Waals surface area contributed by atoms with Gasteiger partial charge in [-0.25, -0.2) is 4.39 Å². The van der Waals surface area contributed by atoms with Crippen LogP contribution in [0.25, 0.3) is 0 Å². The van der Waals surface area contributed by atoms with E-state index in [2.05, 4.69) is 5.43 Å². The lowest BCUT2D eigenvalue weighted by Gasteiger charge is -2.17. The van der Waals surface area contributed by atoms with Gasteiger partial charge in [0.15, 0.2) is 0 Å². The molecule has 0 amide bonds. The van der Waals surface area contributed by atoms with Gasteiger partial charge >= 0.3 is 0 Å². The Hall–Kier alpha value is -1.62. The molecule has 1 unspecified atom stereocenters. The molecule has 3 N–H and O–H groups in total. The van der Waals surface area contributed by atoms with E-state index in [9.17, 15) is 4.39 Å². The van der Waals surface area contributed by atoms with E-state index in [1.807, 2.05) is 24.3 Å². The molecule has 0 fully saturated rings. The number of nitrogens with two attached hydrogens (primary N) is 1. The molecule has 0 heterocycles. The van der Waals surface area contributed by atoms with E-state index in [1.54, 1.807) is 13.2 Å². The number of halogens is 2. The van der Waals surface area contributed by atoms with Crippen LogP contribution in [0.3, 0.4) is 0 Å². The number of hydrogen-bond donors (Lipinski definition) is 2. The molecule has 2 rings (SSSR count). The SMILES string of the molecule is COc1ccc(C(Cc2cc(Cl)ccc2F)NN)cc1. The van der Waals surface area contributed by atoms with Gasteiger partial charge in [-0.1, -0.05) is 23.7 Å². The maximum atomic E-state index is 13.8. The minimum absolute atomic E-state index is 0.200. The average Bonchev–Trinajstić information content (AvgIpc) is 2.48. The fourth-order valence-corrected chi connectivity index (χ4v) is 2.22. The second-order valence-electron chi connectivity index (χ2n) is 4.43. The van der Waals surface area contributed by atoms with Gasteiger partial charge in [0.25, 0.3) is 0 Å². The zero-order chi connectivity index (χ0) is 14.5. The molecule has 0 saturated heterocycles. The lowest BCUT2D eigenvalue weighted by atomic mass is 9.99. The van der Waals surface area contributed by atoms with Crippen LogP contribution in [0.2, 0.25) is 5.02 Å². The number of nitrogens with one attached hydrogen (secondary N) is 1. The van der Waals surface area contributed by atoms with Crippen LogP contribution in [-0.4, -0.2) is 7.11 Å². The molecule has 0 aliphatic rings. The molecule has 2 aromatic carbocycles. The van der Waals surface area contributed by atoms with Crippen molar-refractivity contribution in [1.82, 2.24) is 5.43 Å². The molecule has 0 radical (unpaired) electrons. The van der Waals surface area contributed by atoms with Crippen LogP contribution in [0, 0.1) is 5.82 Å². The predicted molar refractivity (Wildman–Crippen MR) is 78.2 cm³/mol. The Labute approximate surface area is 122 Å². The van der Waals surface area contributed by atoms with Gasteiger partial charge in [0.1, 0.15) is 11.6 Å². The van der Waals surface area contributed by atoms with Crippen molar-refractivity contribution in [3.63, 3.8) is 0 Å². The molecule has 5 heteroatoms. The first kappa shape index (κ1) is 14.8. The summed E-state index contributed by atoms with van der Waals surface area (Å²) in [6.45, 7) is 0. The molecule has 2 aromatic rings. The Morgan fingerprint density at radius 1 is 1.25 bits per heavy atom. The normalized spacial score (nSPS) is 12.2. The molecule has 0 aromatic heterocycles. The Balaban J connectivity index is 2.21. The van der Waals surface area contributed by atoms with Gasteiger partial charge in [0.05, 0.1) is 13.2 Å². The van der Waals surface area contributed by atoms with E-state index in [0.29, 0.717) is 17.0 Å². The van der Waals surface area contributed by atoms with Gasteiger partial charge in [0.2, 0.25) is 0 Å². The Bertz CT molecular complexity index is 575. The Morgan fingerprint density at radius 2 is 1.95 bits per heavy atom. The van der Waals surface area contributed by atoms with Gasteiger partial charge < -0.3 is 4.74 Å². The third-order valence-electron chi connectivity index (χ3n) is 3.15. The summed E-state index contributed by atoms with van der Waals surface area (Å²) >= 11 is 5.89. The van der Waals surface area contributed by atoms with E-state index < -0.39 is 0 Å². The highest BCUT2D eigenvalue weighted by molar-refractivity contribution is 6.30. The van der Waals surface area contributed by atoms with Crippen molar-refractivity contribution in [3.8, 4) is 5.75 Å². The zero-order valence-corrected chi connectivity index (χ0v) is 11.8. The topological polar surface area (TPSA) is 47.3 Å². The number of hydrogen-bond acceptors (Lipinski definition) is 3. The van der Waals surface area contributed by atoms with Gasteiger partial charge in [0, 0.05) is 5.02 Å². The molecular weight excluding hydrogens is 279 g/mol. The van der Waals surface area contributed by atoms with Crippen molar-refractivity contribution < 1.29 is 9.13 Å². The summed E-state index contributed by atoms with van der Waals surface area (Å²) in [4.78, 5) is 0. The quantitative estimate of drug-likeness (QED) is 0.657. The molecule has 0 bridgehead atoms. The molecule has 3 nitrogen and oxygen atoms in total. The monoisotopic (exact) mass is 294 g/mol.